The Morgan fingerprint density at radius 3 is 2.80 bits per heavy atom. The SMILES string of the molecule is O=C(Nc1nc2n(n1)CCc1ccccc1-2)C(F)(F)F. The Labute approximate surface area is 111 Å². The van der Waals surface area contributed by atoms with Gasteiger partial charge in [-0.1, -0.05) is 24.3 Å². The largest absolute Gasteiger partial charge is 0.471 e. The number of rotatable bonds is 1. The molecule has 1 aliphatic heterocycles. The predicted octanol–water partition coefficient (Wildman–Crippen LogP) is 2.00. The number of aromatic nitrogens is 3. The first-order valence-electron chi connectivity index (χ1n) is 5.86. The van der Waals surface area contributed by atoms with Crippen LogP contribution in [-0.2, 0) is 17.8 Å². The smallest absolute Gasteiger partial charge is 0.285 e. The summed E-state index contributed by atoms with van der Waals surface area (Å²) in [6.45, 7) is 0.515. The number of halogens is 3. The van der Waals surface area contributed by atoms with Crippen molar-refractivity contribution in [2.45, 2.75) is 19.1 Å². The molecule has 5 nitrogen and oxygen atoms in total. The topological polar surface area (TPSA) is 59.8 Å². The van der Waals surface area contributed by atoms with E-state index in [1.807, 2.05) is 24.3 Å². The second-order valence-corrected chi connectivity index (χ2v) is 4.34. The van der Waals surface area contributed by atoms with Crippen LogP contribution in [0.5, 0.6) is 0 Å². The first kappa shape index (κ1) is 12.6. The zero-order chi connectivity index (χ0) is 14.3. The molecule has 104 valence electrons. The summed E-state index contributed by atoms with van der Waals surface area (Å²) in [7, 11) is 0. The van der Waals surface area contributed by atoms with E-state index in [1.165, 1.54) is 4.68 Å². The highest BCUT2D eigenvalue weighted by atomic mass is 19.4. The van der Waals surface area contributed by atoms with Gasteiger partial charge in [0.15, 0.2) is 5.82 Å². The Morgan fingerprint density at radius 1 is 1.30 bits per heavy atom. The van der Waals surface area contributed by atoms with Gasteiger partial charge in [-0.2, -0.15) is 18.2 Å². The monoisotopic (exact) mass is 282 g/mol. The fourth-order valence-electron chi connectivity index (χ4n) is 2.11. The van der Waals surface area contributed by atoms with Gasteiger partial charge in [-0.3, -0.25) is 10.1 Å². The summed E-state index contributed by atoms with van der Waals surface area (Å²) in [6, 6.07) is 7.46. The zero-order valence-corrected chi connectivity index (χ0v) is 10.1. The molecule has 2 aromatic rings. The minimum absolute atomic E-state index is 0.334. The lowest BCUT2D eigenvalue weighted by atomic mass is 10.0. The van der Waals surface area contributed by atoms with Crippen molar-refractivity contribution < 1.29 is 18.0 Å². The zero-order valence-electron chi connectivity index (χ0n) is 10.1. The Hall–Kier alpha value is -2.38. The van der Waals surface area contributed by atoms with Gasteiger partial charge < -0.3 is 0 Å². The van der Waals surface area contributed by atoms with E-state index < -0.39 is 12.1 Å². The molecule has 2 heterocycles. The molecule has 0 unspecified atom stereocenters. The molecule has 1 amide bonds. The number of aryl methyl sites for hydroxylation is 2. The minimum atomic E-state index is -4.95. The number of nitrogens with zero attached hydrogens (tertiary/aromatic N) is 3. The summed E-state index contributed by atoms with van der Waals surface area (Å²) >= 11 is 0. The molecule has 8 heteroatoms. The summed E-state index contributed by atoms with van der Waals surface area (Å²) in [5.41, 5.74) is 1.87. The summed E-state index contributed by atoms with van der Waals surface area (Å²) < 4.78 is 38.0. The van der Waals surface area contributed by atoms with Gasteiger partial charge >= 0.3 is 12.1 Å². The van der Waals surface area contributed by atoms with Gasteiger partial charge in [0.2, 0.25) is 5.95 Å². The molecule has 3 rings (SSSR count). The Balaban J connectivity index is 1.93. The van der Waals surface area contributed by atoms with Gasteiger partial charge in [-0.15, -0.1) is 5.10 Å². The number of hydrogen-bond acceptors (Lipinski definition) is 3. The van der Waals surface area contributed by atoms with E-state index >= 15 is 0 Å². The molecule has 0 aliphatic carbocycles. The first-order valence-corrected chi connectivity index (χ1v) is 5.86. The lowest BCUT2D eigenvalue weighted by Crippen LogP contribution is -2.30. The third-order valence-electron chi connectivity index (χ3n) is 3.01. The van der Waals surface area contributed by atoms with Gasteiger partial charge in [0.25, 0.3) is 0 Å². The average Bonchev–Trinajstić information content (AvgIpc) is 2.80. The Bertz CT molecular complexity index is 678. The van der Waals surface area contributed by atoms with Crippen LogP contribution in [-0.4, -0.2) is 26.8 Å². The first-order chi connectivity index (χ1) is 9.45. The molecule has 0 fully saturated rings. The molecule has 1 aliphatic rings. The van der Waals surface area contributed by atoms with Crippen LogP contribution in [0.1, 0.15) is 5.56 Å². The molecule has 0 spiro atoms. The van der Waals surface area contributed by atoms with E-state index in [1.54, 1.807) is 5.32 Å². The third kappa shape index (κ3) is 2.13. The summed E-state index contributed by atoms with van der Waals surface area (Å²) in [4.78, 5) is 14.8. The van der Waals surface area contributed by atoms with Gasteiger partial charge in [0.1, 0.15) is 0 Å². The standard InChI is InChI=1S/C12H9F3N4O/c13-12(14,15)10(20)17-11-16-9-8-4-2-1-3-7(8)5-6-19(9)18-11/h1-4H,5-6H2,(H,17,18,20). The number of nitrogens with one attached hydrogen (secondary N) is 1. The number of fused-ring (bicyclic) bond motifs is 3. The molecule has 0 saturated heterocycles. The molecule has 20 heavy (non-hydrogen) atoms. The summed E-state index contributed by atoms with van der Waals surface area (Å²) in [5.74, 6) is -1.95. The maximum absolute atomic E-state index is 12.2. The molecular weight excluding hydrogens is 273 g/mol. The third-order valence-corrected chi connectivity index (χ3v) is 3.01. The van der Waals surface area contributed by atoms with E-state index in [9.17, 15) is 18.0 Å². The fourth-order valence-corrected chi connectivity index (χ4v) is 2.11. The summed E-state index contributed by atoms with van der Waals surface area (Å²) in [5, 5.41) is 5.54. The van der Waals surface area contributed by atoms with Crippen molar-refractivity contribution >= 4 is 11.9 Å². The van der Waals surface area contributed by atoms with Crippen LogP contribution in [0.3, 0.4) is 0 Å². The van der Waals surface area contributed by atoms with Gasteiger partial charge in [0.05, 0.1) is 0 Å². The molecule has 1 N–H and O–H groups in total. The van der Waals surface area contributed by atoms with E-state index in [4.69, 9.17) is 0 Å². The molecular formula is C12H9F3N4O. The van der Waals surface area contributed by atoms with Crippen molar-refractivity contribution in [1.29, 1.82) is 0 Å². The highest BCUT2D eigenvalue weighted by Gasteiger charge is 2.39. The van der Waals surface area contributed by atoms with Crippen LogP contribution in [0.2, 0.25) is 0 Å². The van der Waals surface area contributed by atoms with Gasteiger partial charge in [-0.05, 0) is 12.0 Å². The second kappa shape index (κ2) is 4.32. The number of amides is 1. The Morgan fingerprint density at radius 2 is 2.05 bits per heavy atom. The number of carbonyl (C=O) groups is 1. The van der Waals surface area contributed by atoms with Crippen molar-refractivity contribution in [3.63, 3.8) is 0 Å². The van der Waals surface area contributed by atoms with Gasteiger partial charge in [0, 0.05) is 12.1 Å². The quantitative estimate of drug-likeness (QED) is 0.870. The van der Waals surface area contributed by atoms with Crippen molar-refractivity contribution in [3.8, 4) is 11.4 Å². The number of benzene rings is 1. The minimum Gasteiger partial charge on any atom is -0.285 e. The highest BCUT2D eigenvalue weighted by Crippen LogP contribution is 2.28. The molecule has 0 atom stereocenters. The van der Waals surface area contributed by atoms with E-state index in [2.05, 4.69) is 10.1 Å². The van der Waals surface area contributed by atoms with Crippen LogP contribution in [0.25, 0.3) is 11.4 Å². The van der Waals surface area contributed by atoms with Crippen molar-refractivity contribution in [3.05, 3.63) is 29.8 Å². The highest BCUT2D eigenvalue weighted by molar-refractivity contribution is 5.93. The normalized spacial score (nSPS) is 13.6. The van der Waals surface area contributed by atoms with Crippen LogP contribution in [0, 0.1) is 0 Å². The van der Waals surface area contributed by atoms with Crippen molar-refractivity contribution in [2.24, 2.45) is 0 Å². The van der Waals surface area contributed by atoms with Crippen molar-refractivity contribution in [2.75, 3.05) is 5.32 Å². The maximum Gasteiger partial charge on any atom is 0.471 e. The molecule has 0 saturated carbocycles. The van der Waals surface area contributed by atoms with E-state index in [0.717, 1.165) is 17.5 Å². The second-order valence-electron chi connectivity index (χ2n) is 4.34. The fraction of sp³-hybridized carbons (Fsp3) is 0.250. The van der Waals surface area contributed by atoms with Crippen LogP contribution in [0.15, 0.2) is 24.3 Å². The number of anilines is 1. The van der Waals surface area contributed by atoms with Gasteiger partial charge in [-0.25, -0.2) is 4.68 Å². The average molecular weight is 282 g/mol. The van der Waals surface area contributed by atoms with Crippen LogP contribution >= 0.6 is 0 Å². The van der Waals surface area contributed by atoms with Crippen LogP contribution < -0.4 is 5.32 Å². The number of hydrogen-bond donors (Lipinski definition) is 1. The Kier molecular flexibility index (Phi) is 2.73. The molecule has 1 aromatic heterocycles. The maximum atomic E-state index is 12.2. The van der Waals surface area contributed by atoms with E-state index in [0.29, 0.717) is 12.4 Å². The number of alkyl halides is 3. The number of carbonyl (C=O) groups excluding carboxylic acids is 1. The molecule has 0 bridgehead atoms. The van der Waals surface area contributed by atoms with Crippen LogP contribution in [0.4, 0.5) is 19.1 Å². The van der Waals surface area contributed by atoms with Crippen molar-refractivity contribution in [1.82, 2.24) is 14.8 Å². The lowest BCUT2D eigenvalue weighted by Gasteiger charge is -2.15. The molecule has 0 radical (unpaired) electrons. The molecule has 1 aromatic carbocycles. The lowest BCUT2D eigenvalue weighted by molar-refractivity contribution is -0.167. The van der Waals surface area contributed by atoms with E-state index in [-0.39, 0.29) is 5.95 Å². The predicted molar refractivity (Wildman–Crippen MR) is 63.8 cm³/mol. The summed E-state index contributed by atoms with van der Waals surface area (Å²) in [6.07, 6.45) is -4.23.